The molecule has 0 radical (unpaired) electrons. The summed E-state index contributed by atoms with van der Waals surface area (Å²) in [6, 6.07) is 1.75. The minimum atomic E-state index is -3.47. The highest BCUT2D eigenvalue weighted by Crippen LogP contribution is 2.10. The Bertz CT molecular complexity index is 848. The van der Waals surface area contributed by atoms with Gasteiger partial charge in [0.2, 0.25) is 16.1 Å². The van der Waals surface area contributed by atoms with Gasteiger partial charge in [-0.3, -0.25) is 19.6 Å². The number of sulfonamides is 1. The zero-order valence-electron chi connectivity index (χ0n) is 15.0. The standard InChI is InChI=1S/C15H21N5O6S/c1-4-11(10(2)20(23)24)7-13(18-22)9-17-15(21)12-5-6-14(16-8-12)19-27(3,25)26/h5-8,10,22H,4,9H2,1-3H3,(H,16,19)(H,17,21). The molecule has 0 saturated carbocycles. The summed E-state index contributed by atoms with van der Waals surface area (Å²) < 4.78 is 24.4. The first-order chi connectivity index (χ1) is 12.6. The first kappa shape index (κ1) is 22.0. The zero-order valence-corrected chi connectivity index (χ0v) is 15.9. The molecule has 1 heterocycles. The van der Waals surface area contributed by atoms with Crippen LogP contribution in [-0.2, 0) is 10.0 Å². The lowest BCUT2D eigenvalue weighted by Gasteiger charge is -2.09. The lowest BCUT2D eigenvalue weighted by molar-refractivity contribution is -0.507. The van der Waals surface area contributed by atoms with Crippen LogP contribution in [-0.4, -0.2) is 54.0 Å². The van der Waals surface area contributed by atoms with Crippen molar-refractivity contribution in [3.8, 4) is 0 Å². The quantitative estimate of drug-likeness (QED) is 0.241. The average molecular weight is 399 g/mol. The second-order valence-electron chi connectivity index (χ2n) is 5.61. The molecule has 0 aliphatic heterocycles. The number of rotatable bonds is 9. The summed E-state index contributed by atoms with van der Waals surface area (Å²) in [6.07, 6.45) is 3.91. The molecule has 0 aromatic carbocycles. The molecular weight excluding hydrogens is 378 g/mol. The van der Waals surface area contributed by atoms with Gasteiger partial charge in [0.1, 0.15) is 5.82 Å². The Kier molecular flexibility index (Phi) is 7.84. The van der Waals surface area contributed by atoms with E-state index in [0.717, 1.165) is 6.26 Å². The van der Waals surface area contributed by atoms with Crippen LogP contribution in [0.1, 0.15) is 30.6 Å². The van der Waals surface area contributed by atoms with Crippen molar-refractivity contribution < 1.29 is 23.3 Å². The van der Waals surface area contributed by atoms with E-state index >= 15 is 0 Å². The number of hydrogen-bond acceptors (Lipinski definition) is 8. The van der Waals surface area contributed by atoms with Gasteiger partial charge in [-0.25, -0.2) is 13.4 Å². The van der Waals surface area contributed by atoms with Crippen LogP contribution in [0.4, 0.5) is 5.82 Å². The van der Waals surface area contributed by atoms with E-state index in [1.807, 2.05) is 0 Å². The summed E-state index contributed by atoms with van der Waals surface area (Å²) in [4.78, 5) is 26.3. The third-order valence-electron chi connectivity index (χ3n) is 3.49. The number of carbonyl (C=O) groups excluding carboxylic acids is 1. The maximum absolute atomic E-state index is 12.1. The van der Waals surface area contributed by atoms with E-state index in [9.17, 15) is 23.3 Å². The zero-order chi connectivity index (χ0) is 20.6. The van der Waals surface area contributed by atoms with E-state index in [1.165, 1.54) is 31.3 Å². The molecular formula is C15H21N5O6S. The number of oxime groups is 1. The van der Waals surface area contributed by atoms with E-state index in [-0.39, 0.29) is 23.6 Å². The number of anilines is 1. The van der Waals surface area contributed by atoms with Gasteiger partial charge in [-0.2, -0.15) is 0 Å². The molecule has 11 nitrogen and oxygen atoms in total. The molecule has 0 aliphatic rings. The number of nitrogens with zero attached hydrogens (tertiary/aromatic N) is 3. The van der Waals surface area contributed by atoms with Gasteiger partial charge in [0, 0.05) is 23.6 Å². The predicted octanol–water partition coefficient (Wildman–Crippen LogP) is 1.01. The van der Waals surface area contributed by atoms with Gasteiger partial charge in [-0.05, 0) is 24.6 Å². The maximum Gasteiger partial charge on any atom is 0.253 e. The van der Waals surface area contributed by atoms with Crippen LogP contribution in [0.5, 0.6) is 0 Å². The van der Waals surface area contributed by atoms with Gasteiger partial charge in [0.15, 0.2) is 0 Å². The van der Waals surface area contributed by atoms with Crippen molar-refractivity contribution in [2.75, 3.05) is 17.5 Å². The van der Waals surface area contributed by atoms with Gasteiger partial charge in [0.25, 0.3) is 5.91 Å². The molecule has 148 valence electrons. The van der Waals surface area contributed by atoms with E-state index in [1.54, 1.807) is 6.92 Å². The van der Waals surface area contributed by atoms with Crippen molar-refractivity contribution >= 4 is 27.5 Å². The summed E-state index contributed by atoms with van der Waals surface area (Å²) >= 11 is 0. The molecule has 1 aromatic heterocycles. The fourth-order valence-electron chi connectivity index (χ4n) is 2.03. The third-order valence-corrected chi connectivity index (χ3v) is 4.07. The van der Waals surface area contributed by atoms with Crippen molar-refractivity contribution in [2.45, 2.75) is 26.3 Å². The number of nitrogens with one attached hydrogen (secondary N) is 2. The molecule has 0 spiro atoms. The summed E-state index contributed by atoms with van der Waals surface area (Å²) in [5.74, 6) is -0.473. The minimum Gasteiger partial charge on any atom is -0.411 e. The van der Waals surface area contributed by atoms with Gasteiger partial charge in [0.05, 0.1) is 24.1 Å². The predicted molar refractivity (Wildman–Crippen MR) is 99.1 cm³/mol. The third kappa shape index (κ3) is 7.40. The molecule has 0 fully saturated rings. The highest BCUT2D eigenvalue weighted by molar-refractivity contribution is 7.92. The Morgan fingerprint density at radius 2 is 2.15 bits per heavy atom. The summed E-state index contributed by atoms with van der Waals surface area (Å²) in [5.41, 5.74) is 0.654. The van der Waals surface area contributed by atoms with Crippen molar-refractivity contribution in [1.82, 2.24) is 10.3 Å². The van der Waals surface area contributed by atoms with Gasteiger partial charge < -0.3 is 10.5 Å². The first-order valence-electron chi connectivity index (χ1n) is 7.84. The summed E-state index contributed by atoms with van der Waals surface area (Å²) in [5, 5.41) is 25.5. The van der Waals surface area contributed by atoms with Gasteiger partial charge >= 0.3 is 0 Å². The second-order valence-corrected chi connectivity index (χ2v) is 7.36. The first-order valence-corrected chi connectivity index (χ1v) is 9.73. The molecule has 12 heteroatoms. The number of amides is 1. The molecule has 0 bridgehead atoms. The van der Waals surface area contributed by atoms with Crippen LogP contribution in [0.2, 0.25) is 0 Å². The molecule has 1 unspecified atom stereocenters. The van der Waals surface area contributed by atoms with E-state index in [0.29, 0.717) is 12.0 Å². The van der Waals surface area contributed by atoms with Crippen molar-refractivity contribution in [2.24, 2.45) is 5.16 Å². The Morgan fingerprint density at radius 1 is 1.48 bits per heavy atom. The van der Waals surface area contributed by atoms with Crippen molar-refractivity contribution in [3.05, 3.63) is 45.7 Å². The highest BCUT2D eigenvalue weighted by atomic mass is 32.2. The highest BCUT2D eigenvalue weighted by Gasteiger charge is 2.18. The van der Waals surface area contributed by atoms with Crippen LogP contribution in [0.15, 0.2) is 35.1 Å². The Balaban J connectivity index is 2.78. The van der Waals surface area contributed by atoms with Crippen LogP contribution in [0, 0.1) is 10.1 Å². The molecule has 1 atom stereocenters. The lowest BCUT2D eigenvalue weighted by atomic mass is 10.0. The Labute approximate surface area is 156 Å². The number of pyridine rings is 1. The summed E-state index contributed by atoms with van der Waals surface area (Å²) in [6.45, 7) is 2.99. The van der Waals surface area contributed by atoms with Crippen LogP contribution in [0.3, 0.4) is 0 Å². The van der Waals surface area contributed by atoms with E-state index in [2.05, 4.69) is 20.2 Å². The second kappa shape index (κ2) is 9.62. The van der Waals surface area contributed by atoms with Crippen molar-refractivity contribution in [3.63, 3.8) is 0 Å². The fraction of sp³-hybridized carbons (Fsp3) is 0.400. The largest absolute Gasteiger partial charge is 0.411 e. The molecule has 1 aromatic rings. The van der Waals surface area contributed by atoms with Crippen LogP contribution >= 0.6 is 0 Å². The topological polar surface area (TPSA) is 164 Å². The fourth-order valence-corrected chi connectivity index (χ4v) is 2.53. The van der Waals surface area contributed by atoms with Crippen LogP contribution < -0.4 is 10.0 Å². The van der Waals surface area contributed by atoms with Gasteiger partial charge in [-0.1, -0.05) is 12.1 Å². The number of aromatic nitrogens is 1. The molecule has 1 amide bonds. The molecule has 3 N–H and O–H groups in total. The van der Waals surface area contributed by atoms with Crippen molar-refractivity contribution in [1.29, 1.82) is 0 Å². The molecule has 1 rings (SSSR count). The van der Waals surface area contributed by atoms with E-state index < -0.39 is 26.9 Å². The van der Waals surface area contributed by atoms with E-state index in [4.69, 9.17) is 5.21 Å². The molecule has 27 heavy (non-hydrogen) atoms. The number of nitro groups is 1. The Hall–Kier alpha value is -3.02. The lowest BCUT2D eigenvalue weighted by Crippen LogP contribution is -2.29. The number of carbonyl (C=O) groups is 1. The minimum absolute atomic E-state index is 0.0530. The monoisotopic (exact) mass is 399 g/mol. The SMILES string of the molecule is CCC(=CC(CNC(=O)c1ccc(NS(C)(=O)=O)nc1)=NO)C(C)[N+](=O)[O-]. The smallest absolute Gasteiger partial charge is 0.253 e. The van der Waals surface area contributed by atoms with Crippen LogP contribution in [0.25, 0.3) is 0 Å². The molecule has 0 saturated heterocycles. The molecule has 0 aliphatic carbocycles. The average Bonchev–Trinajstić information content (AvgIpc) is 2.60. The summed E-state index contributed by atoms with van der Waals surface area (Å²) in [7, 11) is -3.47. The Morgan fingerprint density at radius 3 is 2.59 bits per heavy atom. The normalized spacial score (nSPS) is 13.7. The van der Waals surface area contributed by atoms with Gasteiger partial charge in [-0.15, -0.1) is 0 Å². The maximum atomic E-state index is 12.1. The number of hydrogen-bond donors (Lipinski definition) is 3.